The molecule has 1 N–H and O–H groups in total. The smallest absolute Gasteiger partial charge is 0.327 e. The molecule has 2 aliphatic heterocycles. The lowest BCUT2D eigenvalue weighted by molar-refractivity contribution is 0.0974. The van der Waals surface area contributed by atoms with Crippen LogP contribution in [-0.4, -0.2) is 49.5 Å². The van der Waals surface area contributed by atoms with E-state index in [1.54, 1.807) is 12.3 Å². The highest BCUT2D eigenvalue weighted by molar-refractivity contribution is 6.06. The normalized spacial score (nSPS) is 18.3. The van der Waals surface area contributed by atoms with Gasteiger partial charge in [0.25, 0.3) is 5.91 Å². The Morgan fingerprint density at radius 2 is 1.91 bits per heavy atom. The third kappa shape index (κ3) is 3.67. The molecule has 0 radical (unpaired) electrons. The number of para-hydroxylation sites is 1. The third-order valence-electron chi connectivity index (χ3n) is 7.28. The number of nitrogens with zero attached hydrogens (tertiary/aromatic N) is 6. The summed E-state index contributed by atoms with van der Waals surface area (Å²) in [7, 11) is 0. The van der Waals surface area contributed by atoms with Gasteiger partial charge < -0.3 is 9.80 Å². The molecule has 9 heteroatoms. The fraction of sp³-hybridized carbons (Fsp3) is 0.346. The summed E-state index contributed by atoms with van der Waals surface area (Å²) in [6, 6.07) is 13.9. The van der Waals surface area contributed by atoms with E-state index in [9.17, 15) is 9.59 Å². The van der Waals surface area contributed by atoms with Crippen molar-refractivity contribution in [2.24, 2.45) is 0 Å². The Balaban J connectivity index is 1.21. The molecule has 2 aliphatic rings. The van der Waals surface area contributed by atoms with Crippen LogP contribution in [0.3, 0.4) is 0 Å². The van der Waals surface area contributed by atoms with Crippen LogP contribution in [-0.2, 0) is 6.42 Å². The number of aromatic nitrogens is 5. The van der Waals surface area contributed by atoms with E-state index in [1.807, 2.05) is 39.8 Å². The maximum atomic E-state index is 13.6. The zero-order valence-electron chi connectivity index (χ0n) is 19.6. The fourth-order valence-corrected chi connectivity index (χ4v) is 5.50. The lowest BCUT2D eigenvalue weighted by Crippen LogP contribution is -2.39. The molecular weight excluding hydrogens is 442 g/mol. The van der Waals surface area contributed by atoms with Gasteiger partial charge in [-0.2, -0.15) is 0 Å². The quantitative estimate of drug-likeness (QED) is 0.492. The predicted octanol–water partition coefficient (Wildman–Crippen LogP) is 3.34. The number of H-pyrrole nitrogens is 1. The number of pyridine rings is 1. The van der Waals surface area contributed by atoms with Crippen molar-refractivity contribution in [1.29, 1.82) is 0 Å². The largest absolute Gasteiger partial charge is 0.356 e. The molecule has 1 amide bonds. The molecule has 5 heterocycles. The molecule has 1 fully saturated rings. The molecule has 1 atom stereocenters. The Labute approximate surface area is 202 Å². The number of hydrogen-bond donors (Lipinski definition) is 1. The summed E-state index contributed by atoms with van der Waals surface area (Å²) in [6.45, 7) is 3.58. The van der Waals surface area contributed by atoms with Crippen LogP contribution >= 0.6 is 0 Å². The van der Waals surface area contributed by atoms with Crippen molar-refractivity contribution in [2.75, 3.05) is 22.9 Å². The van der Waals surface area contributed by atoms with Gasteiger partial charge in [0.05, 0.1) is 5.52 Å². The minimum absolute atomic E-state index is 0.0850. The maximum Gasteiger partial charge on any atom is 0.327 e. The number of imidazole rings is 1. The molecule has 0 spiro atoms. The fourth-order valence-electron chi connectivity index (χ4n) is 5.50. The lowest BCUT2D eigenvalue weighted by atomic mass is 10.0. The summed E-state index contributed by atoms with van der Waals surface area (Å²) in [5.41, 5.74) is 3.92. The van der Waals surface area contributed by atoms with Crippen LogP contribution in [0.2, 0.25) is 0 Å². The number of fused-ring (bicyclic) bond motifs is 2. The second kappa shape index (κ2) is 8.65. The number of carbonyl (C=O) groups is 1. The van der Waals surface area contributed by atoms with Gasteiger partial charge in [0.15, 0.2) is 5.65 Å². The van der Waals surface area contributed by atoms with Crippen molar-refractivity contribution in [3.63, 3.8) is 0 Å². The topological polar surface area (TPSA) is 100 Å². The van der Waals surface area contributed by atoms with Crippen LogP contribution in [0.1, 0.15) is 48.3 Å². The number of hydrogen-bond acceptors (Lipinski definition) is 6. The number of amides is 1. The van der Waals surface area contributed by atoms with E-state index in [2.05, 4.69) is 37.8 Å². The average molecular weight is 470 g/mol. The van der Waals surface area contributed by atoms with Gasteiger partial charge in [0.2, 0.25) is 0 Å². The van der Waals surface area contributed by atoms with Gasteiger partial charge in [-0.15, -0.1) is 0 Å². The van der Waals surface area contributed by atoms with Gasteiger partial charge in [-0.3, -0.25) is 14.3 Å². The van der Waals surface area contributed by atoms with Crippen LogP contribution in [0.15, 0.2) is 59.8 Å². The lowest BCUT2D eigenvalue weighted by Gasteiger charge is -2.33. The first-order valence-electron chi connectivity index (χ1n) is 12.2. The van der Waals surface area contributed by atoms with E-state index in [4.69, 9.17) is 0 Å². The van der Waals surface area contributed by atoms with Crippen LogP contribution in [0, 0.1) is 0 Å². The molecule has 9 nitrogen and oxygen atoms in total. The number of nitrogens with one attached hydrogen (secondary N) is 1. The highest BCUT2D eigenvalue weighted by atomic mass is 16.2. The first kappa shape index (κ1) is 21.5. The number of piperidine rings is 1. The summed E-state index contributed by atoms with van der Waals surface area (Å²) in [5, 5.41) is 0. The van der Waals surface area contributed by atoms with Gasteiger partial charge >= 0.3 is 5.69 Å². The van der Waals surface area contributed by atoms with E-state index in [0.29, 0.717) is 11.3 Å². The highest BCUT2D eigenvalue weighted by Gasteiger charge is 2.34. The van der Waals surface area contributed by atoms with Crippen molar-refractivity contribution in [1.82, 2.24) is 24.5 Å². The van der Waals surface area contributed by atoms with Gasteiger partial charge in [-0.05, 0) is 49.4 Å². The molecule has 4 aromatic rings. The maximum absolute atomic E-state index is 13.6. The van der Waals surface area contributed by atoms with Gasteiger partial charge in [-0.1, -0.05) is 25.1 Å². The second-order valence-corrected chi connectivity index (χ2v) is 9.22. The van der Waals surface area contributed by atoms with Crippen LogP contribution in [0.25, 0.3) is 11.2 Å². The zero-order valence-corrected chi connectivity index (χ0v) is 19.6. The molecule has 178 valence electrons. The number of benzene rings is 1. The Hall–Kier alpha value is -4.01. The first-order valence-corrected chi connectivity index (χ1v) is 12.2. The minimum Gasteiger partial charge on any atom is -0.356 e. The molecule has 3 aromatic heterocycles. The van der Waals surface area contributed by atoms with Crippen LogP contribution in [0.5, 0.6) is 0 Å². The Bertz CT molecular complexity index is 1450. The Morgan fingerprint density at radius 3 is 2.74 bits per heavy atom. The molecule has 0 bridgehead atoms. The molecule has 1 saturated heterocycles. The molecule has 0 saturated carbocycles. The van der Waals surface area contributed by atoms with Crippen molar-refractivity contribution in [3.05, 3.63) is 76.7 Å². The van der Waals surface area contributed by atoms with E-state index >= 15 is 0 Å². The number of aromatic amines is 1. The standard InChI is InChI=1S/C26H27N7O2/c1-2-18-14-17-6-3-4-7-21(17)32(18)25(34)20-15-23(29-16-28-20)31-12-9-19(10-13-31)33-22-8-5-11-27-24(22)30-26(33)35/h3-8,11,15-16,18-19H,2,9-10,12-14H2,1H3,(H,27,30,35). The van der Waals surface area contributed by atoms with E-state index in [1.165, 1.54) is 11.9 Å². The van der Waals surface area contributed by atoms with E-state index < -0.39 is 0 Å². The Morgan fingerprint density at radius 1 is 1.09 bits per heavy atom. The van der Waals surface area contributed by atoms with Gasteiger partial charge in [-0.25, -0.2) is 19.7 Å². The third-order valence-corrected chi connectivity index (χ3v) is 7.28. The van der Waals surface area contributed by atoms with E-state index in [-0.39, 0.29) is 23.7 Å². The zero-order chi connectivity index (χ0) is 23.9. The summed E-state index contributed by atoms with van der Waals surface area (Å²) < 4.78 is 1.82. The van der Waals surface area contributed by atoms with Crippen molar-refractivity contribution in [3.8, 4) is 0 Å². The van der Waals surface area contributed by atoms with Crippen molar-refractivity contribution in [2.45, 2.75) is 44.7 Å². The number of carbonyl (C=O) groups excluding carboxylic acids is 1. The van der Waals surface area contributed by atoms with Gasteiger partial charge in [0, 0.05) is 43.1 Å². The molecule has 1 aromatic carbocycles. The number of rotatable bonds is 4. The van der Waals surface area contributed by atoms with Crippen LogP contribution < -0.4 is 15.5 Å². The summed E-state index contributed by atoms with van der Waals surface area (Å²) in [6.07, 6.45) is 6.51. The van der Waals surface area contributed by atoms with E-state index in [0.717, 1.165) is 55.8 Å². The molecule has 6 rings (SSSR count). The summed E-state index contributed by atoms with van der Waals surface area (Å²) in [4.78, 5) is 46.1. The molecule has 35 heavy (non-hydrogen) atoms. The minimum atomic E-state index is -0.122. The monoisotopic (exact) mass is 469 g/mol. The van der Waals surface area contributed by atoms with Crippen molar-refractivity contribution < 1.29 is 4.79 Å². The SMILES string of the molecule is CCC1Cc2ccccc2N1C(=O)c1cc(N2CCC(n3c(=O)[nH]c4ncccc43)CC2)ncn1. The highest BCUT2D eigenvalue weighted by Crippen LogP contribution is 2.34. The average Bonchev–Trinajstić information content (AvgIpc) is 3.45. The van der Waals surface area contributed by atoms with Crippen LogP contribution in [0.4, 0.5) is 11.5 Å². The molecular formula is C26H27N7O2. The molecule has 1 unspecified atom stereocenters. The first-order chi connectivity index (χ1) is 17.1. The predicted molar refractivity (Wildman–Crippen MR) is 134 cm³/mol. The number of anilines is 2. The summed E-state index contributed by atoms with van der Waals surface area (Å²) in [5.74, 6) is 0.661. The van der Waals surface area contributed by atoms with Gasteiger partial charge in [0.1, 0.15) is 17.8 Å². The second-order valence-electron chi connectivity index (χ2n) is 9.22. The molecule has 0 aliphatic carbocycles. The Kier molecular flexibility index (Phi) is 5.32. The van der Waals surface area contributed by atoms with Crippen molar-refractivity contribution >= 4 is 28.6 Å². The summed E-state index contributed by atoms with van der Waals surface area (Å²) >= 11 is 0.